The van der Waals surface area contributed by atoms with Crippen LogP contribution in [0.15, 0.2) is 171 Å². The van der Waals surface area contributed by atoms with E-state index in [9.17, 15) is 32.3 Å². The van der Waals surface area contributed by atoms with E-state index in [1.165, 1.54) is 13.0 Å². The Morgan fingerprint density at radius 2 is 0.945 bits per heavy atom. The van der Waals surface area contributed by atoms with Gasteiger partial charge in [0.2, 0.25) is 0 Å². The van der Waals surface area contributed by atoms with Gasteiger partial charge in [0.15, 0.2) is 0 Å². The van der Waals surface area contributed by atoms with Crippen molar-refractivity contribution in [2.75, 3.05) is 37.4 Å². The number of H-pyrrole nitrogens is 2. The van der Waals surface area contributed by atoms with E-state index in [1.54, 1.807) is 75.1 Å². The van der Waals surface area contributed by atoms with Crippen molar-refractivity contribution in [1.29, 1.82) is 0 Å². The van der Waals surface area contributed by atoms with Crippen LogP contribution in [0.5, 0.6) is 11.5 Å². The number of fused-ring (bicyclic) bond motifs is 6. The molecule has 0 saturated heterocycles. The topological polar surface area (TPSA) is 311 Å². The highest BCUT2D eigenvalue weighted by Gasteiger charge is 2.36. The number of nitrogens with zero attached hydrogens (tertiary/aromatic N) is 9. The van der Waals surface area contributed by atoms with Crippen molar-refractivity contribution in [3.05, 3.63) is 205 Å². The molecule has 3 saturated carbocycles. The first-order chi connectivity index (χ1) is 53.3. The van der Waals surface area contributed by atoms with Crippen LogP contribution < -0.4 is 37.3 Å². The van der Waals surface area contributed by atoms with E-state index in [0.717, 1.165) is 174 Å². The Kier molecular flexibility index (Phi) is 21.2. The monoisotopic (exact) mass is 1500 g/mol. The molecule has 26 heteroatoms. The number of rotatable bonds is 17. The van der Waals surface area contributed by atoms with Crippen molar-refractivity contribution in [3.8, 4) is 44.8 Å². The SMILES string of the molecule is CC(=O)CCC1CCC(c2nc(-c3cc4cccc(C(F)(F)F)c4s3)c3c(N)nccn23)CC1.CC(=O)Oc1cccc(C(=O)NCC2CCC(c3nc(-c4cc5ccccc5[nH]4)c4c(N)nccn34)CC2)c1.COc1cccc(C(=O)NCC2CCC(c3nc(-c4cc5ccccc5[nH]4)c4c(N)nccn34)CC2)c1. The van der Waals surface area contributed by atoms with Crippen molar-refractivity contribution in [2.45, 2.75) is 128 Å². The van der Waals surface area contributed by atoms with Crippen LogP contribution in [-0.2, 0) is 15.8 Å². The summed E-state index contributed by atoms with van der Waals surface area (Å²) in [4.78, 5) is 83.6. The van der Waals surface area contributed by atoms with Gasteiger partial charge in [-0.1, -0.05) is 60.7 Å². The minimum Gasteiger partial charge on any atom is -0.497 e. The van der Waals surface area contributed by atoms with Crippen LogP contribution in [0, 0.1) is 17.8 Å². The molecule has 0 aliphatic heterocycles. The fraction of sp³-hybridized carbons (Fsp3) is 0.310. The number of nitrogens with one attached hydrogen (secondary N) is 4. The molecule has 0 spiro atoms. The highest BCUT2D eigenvalue weighted by atomic mass is 32.1. The van der Waals surface area contributed by atoms with Crippen molar-refractivity contribution < 1.29 is 41.8 Å². The number of carbonyl (C=O) groups is 4. The van der Waals surface area contributed by atoms with E-state index in [0.29, 0.717) is 105 Å². The molecule has 0 unspecified atom stereocenters. The van der Waals surface area contributed by atoms with Gasteiger partial charge in [-0.25, -0.2) is 29.9 Å². The summed E-state index contributed by atoms with van der Waals surface area (Å²) >= 11 is 1.09. The number of aromatic amines is 2. The number of hydrogen-bond acceptors (Lipinski definition) is 16. The van der Waals surface area contributed by atoms with Gasteiger partial charge in [0.05, 0.1) is 28.9 Å². The van der Waals surface area contributed by atoms with Gasteiger partial charge in [-0.15, -0.1) is 11.3 Å². The molecule has 5 aromatic carbocycles. The third-order valence-corrected chi connectivity index (χ3v) is 23.0. The van der Waals surface area contributed by atoms with E-state index >= 15 is 0 Å². The van der Waals surface area contributed by atoms with Gasteiger partial charge < -0.3 is 52.1 Å². The number of Topliss-reactive ketones (excluding diaryl/α,β-unsaturated/α-hetero) is 1. The smallest absolute Gasteiger partial charge is 0.417 e. The molecule has 0 atom stereocenters. The fourth-order valence-corrected chi connectivity index (χ4v) is 17.3. The largest absolute Gasteiger partial charge is 0.497 e. The lowest BCUT2D eigenvalue weighted by molar-refractivity contribution is -0.136. The lowest BCUT2D eigenvalue weighted by Crippen LogP contribution is -2.31. The molecule has 3 fully saturated rings. The molecule has 14 aromatic rings. The number of ether oxygens (including phenoxy) is 2. The number of nitrogen functional groups attached to an aromatic ring is 3. The van der Waals surface area contributed by atoms with Crippen LogP contribution in [0.3, 0.4) is 0 Å². The van der Waals surface area contributed by atoms with Gasteiger partial charge in [-0.05, 0) is 186 Å². The second-order valence-electron chi connectivity index (χ2n) is 29.1. The van der Waals surface area contributed by atoms with Crippen LogP contribution in [0.4, 0.5) is 30.6 Å². The molecular formula is C84H85F3N16O6S. The van der Waals surface area contributed by atoms with Gasteiger partial charge in [0, 0.05) is 119 Å². The molecule has 0 radical (unpaired) electrons. The highest BCUT2D eigenvalue weighted by Crippen LogP contribution is 2.46. The lowest BCUT2D eigenvalue weighted by Gasteiger charge is -2.28. The quantitative estimate of drug-likeness (QED) is 0.0329. The number of anilines is 3. The molecule has 2 amide bonds. The summed E-state index contributed by atoms with van der Waals surface area (Å²) in [5, 5.41) is 8.95. The number of carbonyl (C=O) groups excluding carboxylic acids is 4. The number of methoxy groups -OCH3 is 1. The number of imidazole rings is 3. The number of hydrogen-bond donors (Lipinski definition) is 7. The number of alkyl halides is 3. The third kappa shape index (κ3) is 15.7. The van der Waals surface area contributed by atoms with E-state index in [2.05, 4.69) is 80.8 Å². The second-order valence-corrected chi connectivity index (χ2v) is 30.1. The zero-order valence-corrected chi connectivity index (χ0v) is 62.0. The molecule has 9 heterocycles. The standard InChI is InChI=1S/C30H30N6O3.C29H30N6O2.C25H25F3N4OS/c1-18(37)39-23-7-4-6-22(15-23)30(38)33-17-19-9-11-20(12-10-19)29-35-26(27-28(31)32-13-14-36(27)29)25-16-21-5-2-3-8-24(21)34-25;1-37-22-7-4-6-21(15-22)29(36)32-17-18-9-11-19(12-10-18)28-34-25(26-27(30)31-13-14-35(26)28)24-16-20-5-2-3-8-23(20)33-24;1-14(33)5-6-15-7-9-16(10-8-15)24-31-20(21-23(29)30-11-12-32(21)24)19-13-17-3-2-4-18(22(17)34-19)25(26,27)28/h2-8,13-16,19-20,34H,9-12,17H2,1H3,(H2,31,32)(H,33,38);2-8,13-16,18-19,33H,9-12,17H2,1H3,(H2,30,31)(H,32,36);2-4,11-13,15-16H,5-10H2,1H3,(H2,29,30). The van der Waals surface area contributed by atoms with Crippen LogP contribution >= 0.6 is 11.3 Å². The second kappa shape index (κ2) is 31.7. The predicted molar refractivity (Wildman–Crippen MR) is 422 cm³/mol. The molecular weight excluding hydrogens is 1420 g/mol. The summed E-state index contributed by atoms with van der Waals surface area (Å²) < 4.78 is 57.4. The van der Waals surface area contributed by atoms with Crippen molar-refractivity contribution in [1.82, 2.24) is 63.7 Å². The average Bonchev–Trinajstić information content (AvgIpc) is 1.61. The van der Waals surface area contributed by atoms with Gasteiger partial charge >= 0.3 is 12.1 Å². The zero-order chi connectivity index (χ0) is 76.3. The molecule has 0 bridgehead atoms. The van der Waals surface area contributed by atoms with E-state index in [4.69, 9.17) is 41.6 Å². The lowest BCUT2D eigenvalue weighted by atomic mass is 9.79. The van der Waals surface area contributed by atoms with E-state index < -0.39 is 17.7 Å². The van der Waals surface area contributed by atoms with Crippen molar-refractivity contribution in [3.63, 3.8) is 0 Å². The van der Waals surface area contributed by atoms with Crippen molar-refractivity contribution >= 4 is 101 Å². The molecule has 564 valence electrons. The predicted octanol–water partition coefficient (Wildman–Crippen LogP) is 17.1. The number of esters is 1. The third-order valence-electron chi connectivity index (χ3n) is 21.8. The van der Waals surface area contributed by atoms with Crippen LogP contribution in [-0.4, -0.2) is 96.8 Å². The van der Waals surface area contributed by atoms with E-state index in [1.807, 2.05) is 65.5 Å². The maximum absolute atomic E-state index is 13.6. The van der Waals surface area contributed by atoms with Gasteiger partial charge in [0.25, 0.3) is 11.8 Å². The summed E-state index contributed by atoms with van der Waals surface area (Å²) in [6.07, 6.45) is 19.9. The molecule has 10 N–H and O–H groups in total. The molecule has 9 aromatic heterocycles. The molecule has 3 aliphatic rings. The van der Waals surface area contributed by atoms with Crippen LogP contribution in [0.25, 0.3) is 81.8 Å². The first-order valence-electron chi connectivity index (χ1n) is 37.4. The summed E-state index contributed by atoms with van der Waals surface area (Å²) in [7, 11) is 1.60. The van der Waals surface area contributed by atoms with Gasteiger partial charge in [0.1, 0.15) is 85.8 Å². The normalized spacial score (nSPS) is 18.1. The summed E-state index contributed by atoms with van der Waals surface area (Å²) in [5.41, 5.74) is 27.9. The number of thiophene rings is 1. The zero-order valence-electron chi connectivity index (χ0n) is 61.2. The minimum atomic E-state index is -4.43. The Labute approximate surface area is 635 Å². The Bertz CT molecular complexity index is 5670. The Morgan fingerprint density at radius 3 is 1.40 bits per heavy atom. The Morgan fingerprint density at radius 1 is 0.518 bits per heavy atom. The molecule has 3 aliphatic carbocycles. The van der Waals surface area contributed by atoms with Gasteiger partial charge in [-0.2, -0.15) is 13.2 Å². The van der Waals surface area contributed by atoms with Crippen LogP contribution in [0.1, 0.15) is 165 Å². The summed E-state index contributed by atoms with van der Waals surface area (Å²) in [5.74, 6) is 6.95. The number of nitrogens with two attached hydrogens (primary N) is 3. The number of aromatic nitrogens is 11. The van der Waals surface area contributed by atoms with Gasteiger partial charge in [-0.3, -0.25) is 27.6 Å². The number of para-hydroxylation sites is 2. The Hall–Kier alpha value is -11.9. The number of ketones is 1. The average molecular weight is 1500 g/mol. The number of amides is 2. The number of benzene rings is 5. The number of halogens is 3. The first-order valence-corrected chi connectivity index (χ1v) is 38.2. The fourth-order valence-electron chi connectivity index (χ4n) is 16.2. The highest BCUT2D eigenvalue weighted by molar-refractivity contribution is 7.22. The Balaban J connectivity index is 0.000000131. The van der Waals surface area contributed by atoms with E-state index in [-0.39, 0.29) is 34.1 Å². The minimum absolute atomic E-state index is 0.0637. The molecule has 22 nitrogen and oxygen atoms in total. The van der Waals surface area contributed by atoms with Crippen molar-refractivity contribution in [2.24, 2.45) is 17.8 Å². The summed E-state index contributed by atoms with van der Waals surface area (Å²) in [6, 6.07) is 40.5. The first kappa shape index (κ1) is 73.6. The summed E-state index contributed by atoms with van der Waals surface area (Å²) in [6.45, 7) is 4.24. The maximum Gasteiger partial charge on any atom is 0.417 e. The molecule has 110 heavy (non-hydrogen) atoms. The maximum atomic E-state index is 13.6. The molecule has 17 rings (SSSR count). The van der Waals surface area contributed by atoms with Crippen LogP contribution in [0.2, 0.25) is 0 Å².